The normalized spacial score (nSPS) is 18.9. The third-order valence-corrected chi connectivity index (χ3v) is 9.13. The Morgan fingerprint density at radius 2 is 1.45 bits per heavy atom. The van der Waals surface area contributed by atoms with Gasteiger partial charge < -0.3 is 0 Å². The lowest BCUT2D eigenvalue weighted by atomic mass is 9.63. The van der Waals surface area contributed by atoms with Gasteiger partial charge in [-0.1, -0.05) is 64.1 Å². The second-order valence-corrected chi connectivity index (χ2v) is 12.5. The van der Waals surface area contributed by atoms with Crippen LogP contribution >= 0.6 is 0 Å². The van der Waals surface area contributed by atoms with E-state index in [2.05, 4.69) is 58.9 Å². The lowest BCUT2D eigenvalue weighted by molar-refractivity contribution is -0.116. The Kier molecular flexibility index (Phi) is 6.09. The molecular formula is C27H34O3S. The Morgan fingerprint density at radius 1 is 0.903 bits per heavy atom. The monoisotopic (exact) mass is 438 g/mol. The van der Waals surface area contributed by atoms with Crippen LogP contribution in [0.5, 0.6) is 0 Å². The summed E-state index contributed by atoms with van der Waals surface area (Å²) >= 11 is 0. The number of fused-ring (bicyclic) bond motifs is 1. The molecule has 0 bridgehead atoms. The van der Waals surface area contributed by atoms with Crippen molar-refractivity contribution < 1.29 is 13.2 Å². The van der Waals surface area contributed by atoms with Crippen LogP contribution in [-0.4, -0.2) is 19.5 Å². The maximum absolute atomic E-state index is 12.5. The van der Waals surface area contributed by atoms with E-state index in [9.17, 15) is 13.2 Å². The van der Waals surface area contributed by atoms with Crippen LogP contribution in [-0.2, 0) is 25.5 Å². The van der Waals surface area contributed by atoms with Crippen molar-refractivity contribution in [1.82, 2.24) is 0 Å². The van der Waals surface area contributed by atoms with Crippen molar-refractivity contribution in [1.29, 1.82) is 0 Å². The Hall–Kier alpha value is -2.20. The van der Waals surface area contributed by atoms with Gasteiger partial charge >= 0.3 is 0 Å². The minimum atomic E-state index is -3.64. The van der Waals surface area contributed by atoms with Crippen LogP contribution in [0.25, 0.3) is 11.6 Å². The zero-order valence-electron chi connectivity index (χ0n) is 19.7. The highest BCUT2D eigenvalue weighted by Crippen LogP contribution is 2.46. The predicted octanol–water partition coefficient (Wildman–Crippen LogP) is 6.35. The second kappa shape index (κ2) is 8.05. The van der Waals surface area contributed by atoms with Gasteiger partial charge in [0.2, 0.25) is 0 Å². The summed E-state index contributed by atoms with van der Waals surface area (Å²) in [6.07, 6.45) is 4.44. The van der Waals surface area contributed by atoms with Gasteiger partial charge in [0.25, 0.3) is 0 Å². The van der Waals surface area contributed by atoms with E-state index in [0.29, 0.717) is 0 Å². The number of benzene rings is 2. The van der Waals surface area contributed by atoms with Crippen molar-refractivity contribution in [3.8, 4) is 0 Å². The van der Waals surface area contributed by atoms with Gasteiger partial charge in [-0.15, -0.1) is 0 Å². The third kappa shape index (κ3) is 4.55. The van der Waals surface area contributed by atoms with Crippen LogP contribution in [0, 0.1) is 0 Å². The van der Waals surface area contributed by atoms with E-state index in [1.807, 2.05) is 0 Å². The van der Waals surface area contributed by atoms with E-state index in [1.54, 1.807) is 24.3 Å². The average molecular weight is 439 g/mol. The Bertz CT molecular complexity index is 1130. The molecule has 1 atom stereocenters. The zero-order chi connectivity index (χ0) is 23.2. The molecule has 0 spiro atoms. The quantitative estimate of drug-likeness (QED) is 0.511. The number of Topliss-reactive ketones (excluding diaryl/α,β-unsaturated/α-hetero) is 1. The molecule has 0 aliphatic heterocycles. The molecule has 1 aliphatic carbocycles. The molecule has 0 radical (unpaired) electrons. The number of ketones is 1. The summed E-state index contributed by atoms with van der Waals surface area (Å²) in [7, 11) is -3.64. The van der Waals surface area contributed by atoms with Crippen molar-refractivity contribution in [3.63, 3.8) is 0 Å². The zero-order valence-corrected chi connectivity index (χ0v) is 20.6. The second-order valence-electron chi connectivity index (χ2n) is 10.2. The largest absolute Gasteiger partial charge is 0.299 e. The number of allylic oxidation sites excluding steroid dienone is 1. The Morgan fingerprint density at radius 3 is 2.00 bits per heavy atom. The molecule has 4 heteroatoms. The van der Waals surface area contributed by atoms with E-state index in [4.69, 9.17) is 0 Å². The molecule has 3 rings (SSSR count). The SMILES string of the molecule is CC(=O)C(C)S(=O)(=O)c1ccc(C=C(C)c2ccc3c(c2)C(C)(C)CCC3(C)C)cc1. The molecule has 3 nitrogen and oxygen atoms in total. The highest BCUT2D eigenvalue weighted by Gasteiger charge is 2.37. The van der Waals surface area contributed by atoms with Crippen LogP contribution in [0.2, 0.25) is 0 Å². The fourth-order valence-corrected chi connectivity index (χ4v) is 5.70. The maximum Gasteiger partial charge on any atom is 0.188 e. The molecule has 0 saturated heterocycles. The van der Waals surface area contributed by atoms with E-state index < -0.39 is 15.1 Å². The number of sulfone groups is 1. The van der Waals surface area contributed by atoms with Gasteiger partial charge in [-0.25, -0.2) is 8.42 Å². The first kappa shape index (κ1) is 23.5. The first-order valence-corrected chi connectivity index (χ1v) is 12.5. The molecule has 1 unspecified atom stereocenters. The minimum Gasteiger partial charge on any atom is -0.299 e. The number of rotatable bonds is 5. The van der Waals surface area contributed by atoms with E-state index in [0.717, 1.165) is 11.1 Å². The van der Waals surface area contributed by atoms with Gasteiger partial charge in [-0.2, -0.15) is 0 Å². The van der Waals surface area contributed by atoms with Crippen LogP contribution in [0.4, 0.5) is 0 Å². The highest BCUT2D eigenvalue weighted by atomic mass is 32.2. The highest BCUT2D eigenvalue weighted by molar-refractivity contribution is 7.92. The summed E-state index contributed by atoms with van der Waals surface area (Å²) in [6.45, 7) is 14.1. The lowest BCUT2D eigenvalue weighted by Crippen LogP contribution is -2.33. The molecule has 2 aromatic carbocycles. The summed E-state index contributed by atoms with van der Waals surface area (Å²) in [5, 5.41) is -1.03. The van der Waals surface area contributed by atoms with Gasteiger partial charge in [0.15, 0.2) is 9.84 Å². The van der Waals surface area contributed by atoms with Crippen molar-refractivity contribution in [3.05, 3.63) is 64.7 Å². The van der Waals surface area contributed by atoms with Gasteiger partial charge in [0.1, 0.15) is 11.0 Å². The fraction of sp³-hybridized carbons (Fsp3) is 0.444. The summed E-state index contributed by atoms with van der Waals surface area (Å²) in [6, 6.07) is 13.6. The first-order chi connectivity index (χ1) is 14.3. The summed E-state index contributed by atoms with van der Waals surface area (Å²) in [5.74, 6) is -0.349. The minimum absolute atomic E-state index is 0.157. The molecule has 166 valence electrons. The number of carbonyl (C=O) groups excluding carboxylic acids is 1. The van der Waals surface area contributed by atoms with Gasteiger partial charge in [-0.05, 0) is 84.4 Å². The number of carbonyl (C=O) groups is 1. The third-order valence-electron chi connectivity index (χ3n) is 6.94. The summed E-state index contributed by atoms with van der Waals surface area (Å²) in [4.78, 5) is 11.7. The van der Waals surface area contributed by atoms with Crippen molar-refractivity contribution in [2.45, 2.75) is 82.3 Å². The summed E-state index contributed by atoms with van der Waals surface area (Å²) in [5.41, 5.74) is 6.47. The van der Waals surface area contributed by atoms with Gasteiger partial charge in [0, 0.05) is 0 Å². The molecule has 0 heterocycles. The average Bonchev–Trinajstić information content (AvgIpc) is 2.71. The molecule has 0 amide bonds. The summed E-state index contributed by atoms with van der Waals surface area (Å²) < 4.78 is 25.1. The standard InChI is InChI=1S/C27H34O3S/c1-18(16-21-8-11-23(12-9-21)31(29,30)20(3)19(2)28)22-10-13-24-25(17-22)27(6,7)15-14-26(24,4)5/h8-13,16-17,20H,14-15H2,1-7H3. The molecule has 0 saturated carbocycles. The Labute approximate surface area is 187 Å². The van der Waals surface area contributed by atoms with Crippen molar-refractivity contribution >= 4 is 27.3 Å². The Balaban J connectivity index is 1.93. The first-order valence-electron chi connectivity index (χ1n) is 10.9. The predicted molar refractivity (Wildman–Crippen MR) is 129 cm³/mol. The van der Waals surface area contributed by atoms with Crippen LogP contribution in [0.1, 0.15) is 83.6 Å². The topological polar surface area (TPSA) is 51.2 Å². The number of hydrogen-bond acceptors (Lipinski definition) is 3. The molecule has 0 fully saturated rings. The molecular weight excluding hydrogens is 404 g/mol. The van der Waals surface area contributed by atoms with Gasteiger partial charge in [-0.3, -0.25) is 4.79 Å². The van der Waals surface area contributed by atoms with E-state index in [-0.39, 0.29) is 21.5 Å². The van der Waals surface area contributed by atoms with Crippen molar-refractivity contribution in [2.75, 3.05) is 0 Å². The smallest absolute Gasteiger partial charge is 0.188 e. The van der Waals surface area contributed by atoms with E-state index in [1.165, 1.54) is 43.4 Å². The molecule has 2 aromatic rings. The molecule has 0 aromatic heterocycles. The maximum atomic E-state index is 12.5. The van der Waals surface area contributed by atoms with Crippen LogP contribution in [0.3, 0.4) is 0 Å². The van der Waals surface area contributed by atoms with Crippen LogP contribution < -0.4 is 0 Å². The van der Waals surface area contributed by atoms with Crippen LogP contribution in [0.15, 0.2) is 47.4 Å². The lowest BCUT2D eigenvalue weighted by Gasteiger charge is -2.42. The molecule has 31 heavy (non-hydrogen) atoms. The fourth-order valence-electron chi connectivity index (χ4n) is 4.34. The number of hydrogen-bond donors (Lipinski definition) is 0. The van der Waals surface area contributed by atoms with E-state index >= 15 is 0 Å². The van der Waals surface area contributed by atoms with Gasteiger partial charge in [0.05, 0.1) is 4.90 Å². The van der Waals surface area contributed by atoms with Crippen molar-refractivity contribution in [2.24, 2.45) is 0 Å². The molecule has 0 N–H and O–H groups in total. The molecule has 1 aliphatic rings.